The molecule has 8 nitrogen and oxygen atoms in total. The number of imidazole rings is 1. The summed E-state index contributed by atoms with van der Waals surface area (Å²) in [6.07, 6.45) is 6.34. The van der Waals surface area contributed by atoms with Gasteiger partial charge in [-0.3, -0.25) is 9.58 Å². The number of hydrogen-bond donors (Lipinski definition) is 0. The molecule has 0 saturated heterocycles. The van der Waals surface area contributed by atoms with Crippen LogP contribution in [0.3, 0.4) is 0 Å². The Balaban J connectivity index is 1.58. The van der Waals surface area contributed by atoms with Crippen molar-refractivity contribution >= 4 is 0 Å². The summed E-state index contributed by atoms with van der Waals surface area (Å²) < 4.78 is 15.4. The number of hydrogen-bond acceptors (Lipinski definition) is 6. The highest BCUT2D eigenvalue weighted by atomic mass is 16.5. The molecule has 33 heavy (non-hydrogen) atoms. The van der Waals surface area contributed by atoms with E-state index in [2.05, 4.69) is 49.4 Å². The van der Waals surface area contributed by atoms with Crippen molar-refractivity contribution in [1.82, 2.24) is 29.2 Å². The zero-order chi connectivity index (χ0) is 23.3. The molecule has 0 amide bonds. The molecule has 3 aromatic heterocycles. The standard InChI is InChI=1S/C25H30N6O2/c1-15(2)30(16(3)4)12-18-13-33-25(27-18)24-22-9-17-11-29(5)28-23(17)20-10-19(32-6)7-8-21(20)31(22)14-26-24/h7-8,10-11,13-16H,9,12H2,1-6H3. The average molecular weight is 447 g/mol. The van der Waals surface area contributed by atoms with Gasteiger partial charge in [-0.15, -0.1) is 0 Å². The van der Waals surface area contributed by atoms with E-state index in [0.717, 1.165) is 51.9 Å². The number of ether oxygens (including phenoxy) is 1. The molecule has 0 N–H and O–H groups in total. The van der Waals surface area contributed by atoms with Gasteiger partial charge in [0.15, 0.2) is 0 Å². The van der Waals surface area contributed by atoms with Crippen LogP contribution in [-0.4, -0.2) is 48.4 Å². The van der Waals surface area contributed by atoms with E-state index in [9.17, 15) is 0 Å². The number of rotatable bonds is 6. The molecule has 4 aromatic rings. The van der Waals surface area contributed by atoms with E-state index in [1.165, 1.54) is 0 Å². The normalized spacial score (nSPS) is 12.8. The summed E-state index contributed by atoms with van der Waals surface area (Å²) in [4.78, 5) is 11.9. The SMILES string of the molecule is COc1ccc2c(c1)-c1nn(C)cc1Cc1c(-c3nc(CN(C(C)C)C(C)C)co3)ncn1-2. The van der Waals surface area contributed by atoms with Crippen LogP contribution in [0.25, 0.3) is 28.5 Å². The van der Waals surface area contributed by atoms with Gasteiger partial charge in [0.1, 0.15) is 24.0 Å². The molecule has 1 aliphatic rings. The zero-order valence-corrected chi connectivity index (χ0v) is 20.0. The fourth-order valence-corrected chi connectivity index (χ4v) is 4.68. The Bertz CT molecular complexity index is 1290. The van der Waals surface area contributed by atoms with Gasteiger partial charge in [0.25, 0.3) is 0 Å². The highest BCUT2D eigenvalue weighted by Crippen LogP contribution is 2.38. The molecule has 0 saturated carbocycles. The largest absolute Gasteiger partial charge is 0.497 e. The number of nitrogens with zero attached hydrogens (tertiary/aromatic N) is 6. The molecule has 0 radical (unpaired) electrons. The Labute approximate surface area is 193 Å². The van der Waals surface area contributed by atoms with E-state index in [1.54, 1.807) is 13.4 Å². The van der Waals surface area contributed by atoms with E-state index in [4.69, 9.17) is 24.2 Å². The number of fused-ring (bicyclic) bond motifs is 5. The molecule has 0 fully saturated rings. The summed E-state index contributed by atoms with van der Waals surface area (Å²) >= 11 is 0. The molecule has 0 unspecified atom stereocenters. The number of oxazole rings is 1. The maximum Gasteiger partial charge on any atom is 0.247 e. The molecule has 1 aliphatic heterocycles. The fourth-order valence-electron chi connectivity index (χ4n) is 4.68. The van der Waals surface area contributed by atoms with E-state index >= 15 is 0 Å². The summed E-state index contributed by atoms with van der Waals surface area (Å²) in [5, 5.41) is 4.75. The second-order valence-corrected chi connectivity index (χ2v) is 9.15. The first-order chi connectivity index (χ1) is 15.9. The quantitative estimate of drug-likeness (QED) is 0.383. The third-order valence-electron chi connectivity index (χ3n) is 6.27. The van der Waals surface area contributed by atoms with Crippen molar-refractivity contribution in [1.29, 1.82) is 0 Å². The van der Waals surface area contributed by atoms with Gasteiger partial charge >= 0.3 is 0 Å². The van der Waals surface area contributed by atoms with Crippen molar-refractivity contribution in [3.05, 3.63) is 53.9 Å². The molecule has 172 valence electrons. The maximum atomic E-state index is 5.94. The van der Waals surface area contributed by atoms with Gasteiger partial charge in [-0.1, -0.05) is 0 Å². The third kappa shape index (κ3) is 3.74. The lowest BCUT2D eigenvalue weighted by molar-refractivity contribution is 0.164. The van der Waals surface area contributed by atoms with Gasteiger partial charge in [0.05, 0.1) is 29.9 Å². The summed E-state index contributed by atoms with van der Waals surface area (Å²) in [6.45, 7) is 9.55. The molecular formula is C25H30N6O2. The number of benzene rings is 1. The molecule has 0 spiro atoms. The Morgan fingerprint density at radius 3 is 2.67 bits per heavy atom. The lowest BCUT2D eigenvalue weighted by Crippen LogP contribution is -2.36. The van der Waals surface area contributed by atoms with Crippen molar-refractivity contribution < 1.29 is 9.15 Å². The molecule has 1 aromatic carbocycles. The van der Waals surface area contributed by atoms with E-state index in [-0.39, 0.29) is 0 Å². The minimum atomic E-state index is 0.423. The highest BCUT2D eigenvalue weighted by molar-refractivity contribution is 5.77. The first-order valence-corrected chi connectivity index (χ1v) is 11.3. The van der Waals surface area contributed by atoms with Crippen LogP contribution in [-0.2, 0) is 20.0 Å². The molecule has 0 bridgehead atoms. The Morgan fingerprint density at radius 1 is 1.15 bits per heavy atom. The topological polar surface area (TPSA) is 74.1 Å². The molecule has 5 rings (SSSR count). The van der Waals surface area contributed by atoms with Crippen LogP contribution in [0.1, 0.15) is 44.6 Å². The fraction of sp³-hybridized carbons (Fsp3) is 0.400. The van der Waals surface area contributed by atoms with Gasteiger partial charge in [-0.2, -0.15) is 5.10 Å². The molecule has 8 heteroatoms. The highest BCUT2D eigenvalue weighted by Gasteiger charge is 2.27. The molecular weight excluding hydrogens is 416 g/mol. The number of aromatic nitrogens is 5. The van der Waals surface area contributed by atoms with Crippen LogP contribution < -0.4 is 4.74 Å². The lowest BCUT2D eigenvalue weighted by Gasteiger charge is -2.29. The summed E-state index contributed by atoms with van der Waals surface area (Å²) in [5.41, 5.74) is 6.83. The van der Waals surface area contributed by atoms with Crippen LogP contribution in [0, 0.1) is 0 Å². The van der Waals surface area contributed by atoms with Crippen molar-refractivity contribution in [2.75, 3.05) is 7.11 Å². The van der Waals surface area contributed by atoms with Gasteiger partial charge in [-0.25, -0.2) is 9.97 Å². The van der Waals surface area contributed by atoms with Gasteiger partial charge in [0.2, 0.25) is 5.89 Å². The maximum absolute atomic E-state index is 5.94. The van der Waals surface area contributed by atoms with Crippen molar-refractivity contribution in [2.24, 2.45) is 7.05 Å². The van der Waals surface area contributed by atoms with Crippen LogP contribution in [0.5, 0.6) is 5.75 Å². The van der Waals surface area contributed by atoms with Gasteiger partial charge in [-0.05, 0) is 45.9 Å². The summed E-state index contributed by atoms with van der Waals surface area (Å²) in [7, 11) is 3.63. The first-order valence-electron chi connectivity index (χ1n) is 11.3. The predicted molar refractivity (Wildman–Crippen MR) is 126 cm³/mol. The number of methoxy groups -OCH3 is 1. The average Bonchev–Trinajstić information content (AvgIpc) is 3.48. The van der Waals surface area contributed by atoms with Gasteiger partial charge in [0, 0.05) is 49.4 Å². The minimum absolute atomic E-state index is 0.423. The van der Waals surface area contributed by atoms with Crippen LogP contribution in [0.4, 0.5) is 0 Å². The second-order valence-electron chi connectivity index (χ2n) is 9.15. The summed E-state index contributed by atoms with van der Waals surface area (Å²) in [5.74, 6) is 1.35. The Kier molecular flexibility index (Phi) is 5.32. The van der Waals surface area contributed by atoms with Crippen molar-refractivity contribution in [3.8, 4) is 34.3 Å². The zero-order valence-electron chi connectivity index (χ0n) is 20.0. The van der Waals surface area contributed by atoms with E-state index in [0.29, 0.717) is 24.4 Å². The van der Waals surface area contributed by atoms with Crippen LogP contribution in [0.15, 0.2) is 41.4 Å². The van der Waals surface area contributed by atoms with E-state index < -0.39 is 0 Å². The van der Waals surface area contributed by atoms with E-state index in [1.807, 2.05) is 30.2 Å². The smallest absolute Gasteiger partial charge is 0.247 e. The predicted octanol–water partition coefficient (Wildman–Crippen LogP) is 4.46. The number of aryl methyl sites for hydroxylation is 1. The first kappa shape index (κ1) is 21.5. The van der Waals surface area contributed by atoms with Crippen molar-refractivity contribution in [3.63, 3.8) is 0 Å². The molecule has 0 atom stereocenters. The second kappa shape index (κ2) is 8.19. The lowest BCUT2D eigenvalue weighted by atomic mass is 10.0. The molecule has 0 aliphatic carbocycles. The monoisotopic (exact) mass is 446 g/mol. The van der Waals surface area contributed by atoms with Crippen LogP contribution in [0.2, 0.25) is 0 Å². The third-order valence-corrected chi connectivity index (χ3v) is 6.27. The van der Waals surface area contributed by atoms with Crippen LogP contribution >= 0.6 is 0 Å². The summed E-state index contributed by atoms with van der Waals surface area (Å²) in [6, 6.07) is 6.90. The van der Waals surface area contributed by atoms with Gasteiger partial charge < -0.3 is 13.7 Å². The minimum Gasteiger partial charge on any atom is -0.497 e. The Morgan fingerprint density at radius 2 is 1.94 bits per heavy atom. The Hall–Kier alpha value is -3.39. The van der Waals surface area contributed by atoms with Crippen molar-refractivity contribution in [2.45, 2.75) is 52.7 Å². The molecule has 4 heterocycles.